The summed E-state index contributed by atoms with van der Waals surface area (Å²) in [6, 6.07) is 14.6. The van der Waals surface area contributed by atoms with Crippen LogP contribution in [0.3, 0.4) is 0 Å². The highest BCUT2D eigenvalue weighted by Crippen LogP contribution is 2.44. The second-order valence-electron chi connectivity index (χ2n) is 10.5. The van der Waals surface area contributed by atoms with Crippen molar-refractivity contribution in [2.45, 2.75) is 57.8 Å². The van der Waals surface area contributed by atoms with Crippen LogP contribution in [-0.2, 0) is 11.1 Å². The Hall–Kier alpha value is -3.46. The highest BCUT2D eigenvalue weighted by molar-refractivity contribution is 5.96. The first kappa shape index (κ1) is 27.6. The average molecular weight is 521 g/mol. The summed E-state index contributed by atoms with van der Waals surface area (Å²) in [5.41, 5.74) is 8.65. The number of nitrogens with zero attached hydrogens (tertiary/aromatic N) is 1. The van der Waals surface area contributed by atoms with Crippen molar-refractivity contribution >= 4 is 5.78 Å². The minimum Gasteiger partial charge on any atom is -0.493 e. The van der Waals surface area contributed by atoms with Gasteiger partial charge >= 0.3 is 0 Å². The lowest BCUT2D eigenvalue weighted by Gasteiger charge is -2.25. The average Bonchev–Trinajstić information content (AvgIpc) is 3.21. The standard InChI is InChI=1S/C30H36N2O6/c1-18-6-8-20(9-7-18)27-28-22(29(3,31)17-37-28)15-26(32-27)30(4,35)13-12-23(34)21-10-11-24(25(14-21)36-5)38-19(2)16-33/h6-11,14-15,19,33,35H,12-13,16-17,31H2,1-5H3. The molecule has 8 nitrogen and oxygen atoms in total. The van der Waals surface area contributed by atoms with Crippen LogP contribution in [0.25, 0.3) is 11.3 Å². The Morgan fingerprint density at radius 1 is 1.21 bits per heavy atom. The molecular weight excluding hydrogens is 484 g/mol. The molecular formula is C30H36N2O6. The van der Waals surface area contributed by atoms with Gasteiger partial charge in [0.1, 0.15) is 24.0 Å². The van der Waals surface area contributed by atoms with Gasteiger partial charge in [-0.15, -0.1) is 0 Å². The van der Waals surface area contributed by atoms with Gasteiger partial charge in [0.05, 0.1) is 24.9 Å². The highest BCUT2D eigenvalue weighted by Gasteiger charge is 2.38. The summed E-state index contributed by atoms with van der Waals surface area (Å²) in [5, 5.41) is 20.8. The van der Waals surface area contributed by atoms with Gasteiger partial charge in [-0.25, -0.2) is 4.98 Å². The molecule has 3 atom stereocenters. The topological polar surface area (TPSA) is 124 Å². The number of carbonyl (C=O) groups is 1. The fraction of sp³-hybridized carbons (Fsp3) is 0.400. The first-order valence-corrected chi connectivity index (χ1v) is 12.7. The summed E-state index contributed by atoms with van der Waals surface area (Å²) >= 11 is 0. The number of pyridine rings is 1. The number of nitrogens with two attached hydrogens (primary N) is 1. The lowest BCUT2D eigenvalue weighted by molar-refractivity contribution is 0.0396. The molecule has 0 radical (unpaired) electrons. The lowest BCUT2D eigenvalue weighted by atomic mass is 9.88. The monoisotopic (exact) mass is 520 g/mol. The van der Waals surface area contributed by atoms with Crippen molar-refractivity contribution in [3.05, 3.63) is 70.9 Å². The number of hydrogen-bond donors (Lipinski definition) is 3. The Labute approximate surface area is 223 Å². The Balaban J connectivity index is 1.59. The van der Waals surface area contributed by atoms with Crippen LogP contribution >= 0.6 is 0 Å². The highest BCUT2D eigenvalue weighted by atomic mass is 16.5. The fourth-order valence-corrected chi connectivity index (χ4v) is 4.41. The summed E-state index contributed by atoms with van der Waals surface area (Å²) in [6.07, 6.45) is -0.181. The van der Waals surface area contributed by atoms with E-state index >= 15 is 0 Å². The van der Waals surface area contributed by atoms with Crippen molar-refractivity contribution in [1.29, 1.82) is 0 Å². The molecule has 0 spiro atoms. The Bertz CT molecular complexity index is 1320. The number of carbonyl (C=O) groups excluding carboxylic acids is 1. The number of aromatic nitrogens is 1. The van der Waals surface area contributed by atoms with E-state index in [0.717, 1.165) is 16.7 Å². The van der Waals surface area contributed by atoms with Crippen LogP contribution in [0.5, 0.6) is 17.2 Å². The number of methoxy groups -OCH3 is 1. The van der Waals surface area contributed by atoms with Crippen molar-refractivity contribution in [3.8, 4) is 28.5 Å². The van der Waals surface area contributed by atoms with Gasteiger partial charge in [0.2, 0.25) is 0 Å². The molecule has 0 aliphatic carbocycles. The van der Waals surface area contributed by atoms with Crippen LogP contribution in [-0.4, -0.2) is 47.4 Å². The molecule has 1 aliphatic rings. The van der Waals surface area contributed by atoms with Gasteiger partial charge in [-0.2, -0.15) is 0 Å². The number of ether oxygens (including phenoxy) is 3. The van der Waals surface area contributed by atoms with E-state index in [-0.39, 0.29) is 25.2 Å². The molecule has 3 unspecified atom stereocenters. The molecule has 1 aliphatic heterocycles. The molecule has 4 N–H and O–H groups in total. The summed E-state index contributed by atoms with van der Waals surface area (Å²) in [4.78, 5) is 17.9. The van der Waals surface area contributed by atoms with Crippen molar-refractivity contribution in [1.82, 2.24) is 4.98 Å². The van der Waals surface area contributed by atoms with E-state index < -0.39 is 17.2 Å². The van der Waals surface area contributed by atoms with E-state index in [1.807, 2.05) is 38.1 Å². The third-order valence-electron chi connectivity index (χ3n) is 6.89. The van der Waals surface area contributed by atoms with Crippen LogP contribution in [0.2, 0.25) is 0 Å². The second kappa shape index (κ2) is 10.7. The van der Waals surface area contributed by atoms with Crippen molar-refractivity contribution in [2.24, 2.45) is 5.73 Å². The molecule has 2 aromatic carbocycles. The molecule has 0 amide bonds. The molecule has 4 rings (SSSR count). The van der Waals surface area contributed by atoms with E-state index in [2.05, 4.69) is 0 Å². The number of rotatable bonds is 10. The van der Waals surface area contributed by atoms with Gasteiger partial charge in [0, 0.05) is 23.1 Å². The minimum atomic E-state index is -1.40. The molecule has 0 saturated carbocycles. The van der Waals surface area contributed by atoms with Gasteiger partial charge in [-0.3, -0.25) is 4.79 Å². The van der Waals surface area contributed by atoms with Crippen LogP contribution in [0, 0.1) is 6.92 Å². The molecule has 3 aromatic rings. The molecule has 0 saturated heterocycles. The van der Waals surface area contributed by atoms with Crippen LogP contribution < -0.4 is 19.9 Å². The first-order chi connectivity index (χ1) is 17.9. The summed E-state index contributed by atoms with van der Waals surface area (Å²) in [7, 11) is 1.49. The second-order valence-corrected chi connectivity index (χ2v) is 10.5. The summed E-state index contributed by atoms with van der Waals surface area (Å²) in [5.74, 6) is 1.31. The smallest absolute Gasteiger partial charge is 0.163 e. The quantitative estimate of drug-likeness (QED) is 0.339. The molecule has 1 aromatic heterocycles. The van der Waals surface area contributed by atoms with E-state index in [1.54, 1.807) is 38.1 Å². The molecule has 0 fully saturated rings. The fourth-order valence-electron chi connectivity index (χ4n) is 4.41. The van der Waals surface area contributed by atoms with Crippen molar-refractivity contribution < 1.29 is 29.2 Å². The van der Waals surface area contributed by atoms with Crippen LogP contribution in [0.15, 0.2) is 48.5 Å². The summed E-state index contributed by atoms with van der Waals surface area (Å²) < 4.78 is 17.0. The number of hydrogen-bond acceptors (Lipinski definition) is 8. The lowest BCUT2D eigenvalue weighted by Crippen LogP contribution is -2.35. The van der Waals surface area contributed by atoms with Gasteiger partial charge in [-0.05, 0) is 58.4 Å². The molecule has 202 valence electrons. The van der Waals surface area contributed by atoms with Crippen LogP contribution in [0.4, 0.5) is 0 Å². The Kier molecular flexibility index (Phi) is 7.78. The van der Waals surface area contributed by atoms with Gasteiger partial charge in [0.15, 0.2) is 23.0 Å². The maximum atomic E-state index is 13.1. The Morgan fingerprint density at radius 2 is 1.92 bits per heavy atom. The molecule has 38 heavy (non-hydrogen) atoms. The SMILES string of the molecule is COc1cc(C(=O)CCC(C)(O)c2cc3c(c(-c4ccc(C)cc4)n2)OCC3(C)N)ccc1OC(C)CO. The third kappa shape index (κ3) is 5.67. The number of aryl methyl sites for hydroxylation is 1. The van der Waals surface area contributed by atoms with Gasteiger partial charge in [-0.1, -0.05) is 29.8 Å². The maximum absolute atomic E-state index is 13.1. The number of aliphatic hydroxyl groups is 2. The number of aliphatic hydroxyl groups excluding tert-OH is 1. The Morgan fingerprint density at radius 3 is 2.58 bits per heavy atom. The van der Waals surface area contributed by atoms with Gasteiger partial charge < -0.3 is 30.2 Å². The van der Waals surface area contributed by atoms with E-state index in [9.17, 15) is 15.0 Å². The zero-order valence-corrected chi connectivity index (χ0v) is 22.6. The first-order valence-electron chi connectivity index (χ1n) is 12.7. The van der Waals surface area contributed by atoms with Crippen molar-refractivity contribution in [3.63, 3.8) is 0 Å². The number of Topliss-reactive ketones (excluding diaryl/α,β-unsaturated/α-hetero) is 1. The largest absolute Gasteiger partial charge is 0.493 e. The van der Waals surface area contributed by atoms with E-state index in [4.69, 9.17) is 24.9 Å². The zero-order chi connectivity index (χ0) is 27.7. The molecule has 2 heterocycles. The number of ketones is 1. The zero-order valence-electron chi connectivity index (χ0n) is 22.6. The van der Waals surface area contributed by atoms with Gasteiger partial charge in [0.25, 0.3) is 0 Å². The maximum Gasteiger partial charge on any atom is 0.163 e. The summed E-state index contributed by atoms with van der Waals surface area (Å²) in [6.45, 7) is 7.46. The van der Waals surface area contributed by atoms with E-state index in [1.165, 1.54) is 7.11 Å². The van der Waals surface area contributed by atoms with Crippen LogP contribution in [0.1, 0.15) is 60.8 Å². The predicted octanol–water partition coefficient (Wildman–Crippen LogP) is 4.26. The number of fused-ring (bicyclic) bond motifs is 1. The third-order valence-corrected chi connectivity index (χ3v) is 6.89. The van der Waals surface area contributed by atoms with Crippen molar-refractivity contribution in [2.75, 3.05) is 20.3 Å². The predicted molar refractivity (Wildman–Crippen MR) is 145 cm³/mol. The molecule has 8 heteroatoms. The number of benzene rings is 2. The van der Waals surface area contributed by atoms with E-state index in [0.29, 0.717) is 40.8 Å². The molecule has 0 bridgehead atoms. The normalized spacial score (nSPS) is 18.7. The minimum absolute atomic E-state index is 0.0818.